The van der Waals surface area contributed by atoms with Gasteiger partial charge in [0, 0.05) is 56.2 Å². The van der Waals surface area contributed by atoms with Crippen LogP contribution in [0.5, 0.6) is 0 Å². The third-order valence-corrected chi connectivity index (χ3v) is 10.1. The highest BCUT2D eigenvalue weighted by Gasteiger charge is 2.18. The van der Waals surface area contributed by atoms with Crippen LogP contribution in [0.4, 0.5) is 0 Å². The number of aryl methyl sites for hydroxylation is 2. The Morgan fingerprint density at radius 3 is 1.31 bits per heavy atom. The van der Waals surface area contributed by atoms with E-state index < -0.39 is 0 Å². The zero-order valence-corrected chi connectivity index (χ0v) is 28.7. The van der Waals surface area contributed by atoms with Gasteiger partial charge in [-0.3, -0.25) is 9.97 Å². The van der Waals surface area contributed by atoms with Crippen LogP contribution in [0.15, 0.2) is 167 Å². The molecule has 0 bridgehead atoms. The molecule has 0 atom stereocenters. The number of benzene rings is 6. The predicted octanol–water partition coefficient (Wildman–Crippen LogP) is 13.2. The number of hydrogen-bond donors (Lipinski definition) is 0. The summed E-state index contributed by atoms with van der Waals surface area (Å²) < 4.78 is 12.7. The summed E-state index contributed by atoms with van der Waals surface area (Å²) in [6.45, 7) is 4.31. The lowest BCUT2D eigenvalue weighted by Crippen LogP contribution is -1.94. The number of para-hydroxylation sites is 4. The molecular formula is C48H32N2O2. The zero-order chi connectivity index (χ0) is 34.8. The largest absolute Gasteiger partial charge is 0.455 e. The van der Waals surface area contributed by atoms with E-state index in [9.17, 15) is 0 Å². The predicted molar refractivity (Wildman–Crippen MR) is 213 cm³/mol. The number of pyridine rings is 2. The Morgan fingerprint density at radius 2 is 0.827 bits per heavy atom. The minimum atomic E-state index is 0.856. The van der Waals surface area contributed by atoms with Gasteiger partial charge in [-0.05, 0) is 72.5 Å². The van der Waals surface area contributed by atoms with Crippen molar-refractivity contribution in [2.45, 2.75) is 13.8 Å². The van der Waals surface area contributed by atoms with Gasteiger partial charge in [0.1, 0.15) is 22.3 Å². The molecule has 0 aliphatic rings. The Kier molecular flexibility index (Phi) is 6.90. The lowest BCUT2D eigenvalue weighted by Gasteiger charge is -2.17. The average molecular weight is 669 g/mol. The monoisotopic (exact) mass is 668 g/mol. The van der Waals surface area contributed by atoms with E-state index in [-0.39, 0.29) is 0 Å². The van der Waals surface area contributed by atoms with Crippen molar-refractivity contribution in [2.24, 2.45) is 0 Å². The molecule has 4 aromatic heterocycles. The summed E-state index contributed by atoms with van der Waals surface area (Å²) in [6, 6.07) is 50.7. The molecule has 0 N–H and O–H groups in total. The van der Waals surface area contributed by atoms with E-state index in [4.69, 9.17) is 18.8 Å². The topological polar surface area (TPSA) is 52.1 Å². The van der Waals surface area contributed by atoms with Crippen LogP contribution < -0.4 is 0 Å². The number of fused-ring (bicyclic) bond motifs is 6. The number of aromatic nitrogens is 2. The van der Waals surface area contributed by atoms with Crippen molar-refractivity contribution >= 4 is 43.9 Å². The normalized spacial score (nSPS) is 11.7. The Labute approximate surface area is 300 Å². The maximum Gasteiger partial charge on any atom is 0.144 e. The first-order valence-electron chi connectivity index (χ1n) is 17.5. The van der Waals surface area contributed by atoms with Crippen LogP contribution in [-0.4, -0.2) is 9.97 Å². The van der Waals surface area contributed by atoms with Crippen molar-refractivity contribution in [3.63, 3.8) is 0 Å². The first kappa shape index (κ1) is 30.1. The molecule has 0 aliphatic carbocycles. The lowest BCUT2D eigenvalue weighted by atomic mass is 9.87. The molecule has 0 aliphatic heterocycles. The summed E-state index contributed by atoms with van der Waals surface area (Å²) in [7, 11) is 0. The number of hydrogen-bond acceptors (Lipinski definition) is 4. The van der Waals surface area contributed by atoms with Gasteiger partial charge in [-0.15, -0.1) is 0 Å². The molecule has 6 aromatic carbocycles. The second-order valence-electron chi connectivity index (χ2n) is 13.5. The van der Waals surface area contributed by atoms with Crippen LogP contribution in [0, 0.1) is 13.8 Å². The number of rotatable bonds is 5. The fourth-order valence-electron chi connectivity index (χ4n) is 7.79. The van der Waals surface area contributed by atoms with Gasteiger partial charge in [0.05, 0.1) is 11.4 Å². The molecule has 4 nitrogen and oxygen atoms in total. The second kappa shape index (κ2) is 11.9. The second-order valence-corrected chi connectivity index (χ2v) is 13.5. The van der Waals surface area contributed by atoms with Crippen LogP contribution in [0.2, 0.25) is 0 Å². The third kappa shape index (κ3) is 4.91. The molecule has 4 heterocycles. The zero-order valence-electron chi connectivity index (χ0n) is 28.7. The molecular weight excluding hydrogens is 637 g/mol. The third-order valence-electron chi connectivity index (χ3n) is 10.1. The first-order valence-corrected chi connectivity index (χ1v) is 17.5. The lowest BCUT2D eigenvalue weighted by molar-refractivity contribution is 0.669. The smallest absolute Gasteiger partial charge is 0.144 e. The molecule has 246 valence electrons. The van der Waals surface area contributed by atoms with Crippen LogP contribution >= 0.6 is 0 Å². The van der Waals surface area contributed by atoms with Crippen molar-refractivity contribution in [2.75, 3.05) is 0 Å². The highest BCUT2D eigenvalue weighted by Crippen LogP contribution is 2.42. The summed E-state index contributed by atoms with van der Waals surface area (Å²) in [6.07, 6.45) is 3.97. The Balaban J connectivity index is 1.08. The Morgan fingerprint density at radius 1 is 0.385 bits per heavy atom. The highest BCUT2D eigenvalue weighted by molar-refractivity contribution is 6.10. The van der Waals surface area contributed by atoms with Gasteiger partial charge in [0.15, 0.2) is 0 Å². The standard InChI is InChI=1S/C48H32N2O2/c1-29-24-30(2)26-33(25-29)46-34(31-20-22-42(49-27-31)40-16-8-14-38-36-10-3-5-18-44(36)51-47(38)40)12-7-13-35(46)32-21-23-43(50-28-32)41-17-9-15-39-37-11-4-6-19-45(37)52-48(39)41/h3-28H,1-2H3. The molecule has 4 heteroatoms. The summed E-state index contributed by atoms with van der Waals surface area (Å²) >= 11 is 0. The van der Waals surface area contributed by atoms with Crippen molar-refractivity contribution in [3.05, 3.63) is 169 Å². The minimum Gasteiger partial charge on any atom is -0.455 e. The van der Waals surface area contributed by atoms with Gasteiger partial charge in [0.25, 0.3) is 0 Å². The van der Waals surface area contributed by atoms with E-state index in [0.29, 0.717) is 0 Å². The highest BCUT2D eigenvalue weighted by atomic mass is 16.3. The number of furan rings is 2. The van der Waals surface area contributed by atoms with Crippen molar-refractivity contribution in [3.8, 4) is 55.9 Å². The molecule has 0 amide bonds. The number of nitrogens with zero attached hydrogens (tertiary/aromatic N) is 2. The summed E-state index contributed by atoms with van der Waals surface area (Å²) in [5, 5.41) is 4.41. The molecule has 0 saturated heterocycles. The molecule has 0 radical (unpaired) electrons. The van der Waals surface area contributed by atoms with Gasteiger partial charge in [-0.25, -0.2) is 0 Å². The first-order chi connectivity index (χ1) is 25.6. The van der Waals surface area contributed by atoms with E-state index in [1.807, 2.05) is 48.8 Å². The maximum absolute atomic E-state index is 6.34. The Bertz CT molecular complexity index is 2770. The quantitative estimate of drug-likeness (QED) is 0.183. The van der Waals surface area contributed by atoms with Crippen LogP contribution in [0.3, 0.4) is 0 Å². The maximum atomic E-state index is 6.34. The van der Waals surface area contributed by atoms with E-state index in [1.54, 1.807) is 0 Å². The van der Waals surface area contributed by atoms with E-state index in [2.05, 4.69) is 123 Å². The molecule has 10 aromatic rings. The van der Waals surface area contributed by atoms with Crippen molar-refractivity contribution in [1.82, 2.24) is 9.97 Å². The fourth-order valence-corrected chi connectivity index (χ4v) is 7.79. The average Bonchev–Trinajstić information content (AvgIpc) is 3.76. The molecule has 0 fully saturated rings. The van der Waals surface area contributed by atoms with E-state index in [1.165, 1.54) is 11.1 Å². The van der Waals surface area contributed by atoms with Gasteiger partial charge < -0.3 is 8.83 Å². The molecule has 0 spiro atoms. The van der Waals surface area contributed by atoms with Gasteiger partial charge in [0.2, 0.25) is 0 Å². The van der Waals surface area contributed by atoms with Crippen LogP contribution in [-0.2, 0) is 0 Å². The van der Waals surface area contributed by atoms with E-state index in [0.717, 1.165) is 99.8 Å². The SMILES string of the molecule is Cc1cc(C)cc(-c2c(-c3ccc(-c4cccc5c4oc4ccccc45)nc3)cccc2-c2ccc(-c3cccc4c3oc3ccccc34)nc2)c1. The van der Waals surface area contributed by atoms with Crippen LogP contribution in [0.25, 0.3) is 99.8 Å². The summed E-state index contributed by atoms with van der Waals surface area (Å²) in [5.41, 5.74) is 16.2. The fraction of sp³-hybridized carbons (Fsp3) is 0.0417. The van der Waals surface area contributed by atoms with Crippen molar-refractivity contribution < 1.29 is 8.83 Å². The summed E-state index contributed by atoms with van der Waals surface area (Å²) in [4.78, 5) is 10.0. The van der Waals surface area contributed by atoms with Gasteiger partial charge in [-0.1, -0.05) is 120 Å². The van der Waals surface area contributed by atoms with Crippen molar-refractivity contribution in [1.29, 1.82) is 0 Å². The molecule has 0 unspecified atom stereocenters. The molecule has 0 saturated carbocycles. The van der Waals surface area contributed by atoms with E-state index >= 15 is 0 Å². The minimum absolute atomic E-state index is 0.856. The molecule has 10 rings (SSSR count). The molecule has 52 heavy (non-hydrogen) atoms. The Hall–Kier alpha value is -6.78. The van der Waals surface area contributed by atoms with Gasteiger partial charge in [-0.2, -0.15) is 0 Å². The van der Waals surface area contributed by atoms with Gasteiger partial charge >= 0.3 is 0 Å². The summed E-state index contributed by atoms with van der Waals surface area (Å²) in [5.74, 6) is 0. The van der Waals surface area contributed by atoms with Crippen LogP contribution in [0.1, 0.15) is 11.1 Å².